The molecule has 0 saturated heterocycles. The predicted octanol–water partition coefficient (Wildman–Crippen LogP) is 2.81. The van der Waals surface area contributed by atoms with Gasteiger partial charge < -0.3 is 5.11 Å². The van der Waals surface area contributed by atoms with E-state index < -0.39 is 0 Å². The van der Waals surface area contributed by atoms with Crippen LogP contribution in [0.4, 0.5) is 0 Å². The highest BCUT2D eigenvalue weighted by atomic mass is 16.3. The van der Waals surface area contributed by atoms with E-state index in [1.54, 1.807) is 6.07 Å². The molecule has 0 bridgehead atoms. The van der Waals surface area contributed by atoms with Crippen LogP contribution >= 0.6 is 0 Å². The minimum absolute atomic E-state index is 0.184. The van der Waals surface area contributed by atoms with E-state index >= 15 is 0 Å². The second-order valence-corrected chi connectivity index (χ2v) is 3.01. The van der Waals surface area contributed by atoms with E-state index in [-0.39, 0.29) is 5.75 Å². The molecule has 2 heteroatoms. The fourth-order valence-corrected chi connectivity index (χ4v) is 1.51. The highest BCUT2D eigenvalue weighted by Gasteiger charge is 2.02. The average Bonchev–Trinajstić information content (AvgIpc) is 2.23. The van der Waals surface area contributed by atoms with E-state index in [9.17, 15) is 5.11 Å². The topological polar surface area (TPSA) is 44.1 Å². The molecule has 2 aromatic carbocycles. The zero-order chi connectivity index (χ0) is 9.97. The summed E-state index contributed by atoms with van der Waals surface area (Å²) < 4.78 is 0. The Labute approximate surface area is 81.6 Å². The lowest BCUT2D eigenvalue weighted by atomic mass is 10.0. The number of hydrogen-bond acceptors (Lipinski definition) is 2. The van der Waals surface area contributed by atoms with Gasteiger partial charge in [-0.15, -0.1) is 0 Å². The molecule has 0 spiro atoms. The summed E-state index contributed by atoms with van der Waals surface area (Å²) in [5, 5.41) is 18.5. The Morgan fingerprint density at radius 2 is 1.93 bits per heavy atom. The molecule has 2 aromatic rings. The normalized spacial score (nSPS) is 9.71. The van der Waals surface area contributed by atoms with Crippen molar-refractivity contribution < 1.29 is 5.11 Å². The largest absolute Gasteiger partial charge is 0.507 e. The number of rotatable bonds is 1. The molecule has 14 heavy (non-hydrogen) atoms. The van der Waals surface area contributed by atoms with Crippen LogP contribution in [0.3, 0.4) is 0 Å². The molecule has 2 rings (SSSR count). The van der Waals surface area contributed by atoms with Crippen LogP contribution < -0.4 is 0 Å². The fraction of sp³-hybridized carbons (Fsp3) is 0. The smallest absolute Gasteiger partial charge is 0.124 e. The summed E-state index contributed by atoms with van der Waals surface area (Å²) in [6.45, 7) is 0. The lowest BCUT2D eigenvalue weighted by Gasteiger charge is -2.03. The average molecular weight is 183 g/mol. The van der Waals surface area contributed by atoms with Crippen molar-refractivity contribution in [1.29, 1.82) is 5.41 Å². The number of phenolic OH excluding ortho intramolecular Hbond substituents is 1. The molecular formula is C12H9NO. The first kappa shape index (κ1) is 8.54. The van der Waals surface area contributed by atoms with Crippen LogP contribution in [0.2, 0.25) is 0 Å². The summed E-state index contributed by atoms with van der Waals surface area (Å²) in [5.74, 6) is 2.37. The maximum Gasteiger partial charge on any atom is 0.124 e. The Kier molecular flexibility index (Phi) is 2.05. The zero-order valence-corrected chi connectivity index (χ0v) is 7.49. The number of fused-ring (bicyclic) bond motifs is 1. The molecule has 0 fully saturated rings. The molecule has 0 aliphatic carbocycles. The molecule has 0 heterocycles. The van der Waals surface area contributed by atoms with Gasteiger partial charge >= 0.3 is 0 Å². The van der Waals surface area contributed by atoms with E-state index in [0.717, 1.165) is 10.8 Å². The third-order valence-electron chi connectivity index (χ3n) is 2.16. The minimum Gasteiger partial charge on any atom is -0.507 e. The molecule has 0 radical (unpaired) electrons. The minimum atomic E-state index is 0.184. The first-order valence-corrected chi connectivity index (χ1v) is 4.29. The molecule has 0 amide bonds. The van der Waals surface area contributed by atoms with Gasteiger partial charge in [0.15, 0.2) is 0 Å². The second kappa shape index (κ2) is 3.36. The molecule has 0 aliphatic heterocycles. The summed E-state index contributed by atoms with van der Waals surface area (Å²) in [5.41, 5.74) is 0.651. The van der Waals surface area contributed by atoms with Crippen molar-refractivity contribution in [3.05, 3.63) is 42.0 Å². The summed E-state index contributed by atoms with van der Waals surface area (Å²) in [6.07, 6.45) is 1.47. The molecule has 2 N–H and O–H groups in total. The standard InChI is InChI=1S/C12H9NO/c13-8-7-11-10-4-2-1-3-9(10)5-6-12(11)14/h1-7,13-14H. The molecule has 0 saturated carbocycles. The van der Waals surface area contributed by atoms with E-state index in [1.165, 1.54) is 6.08 Å². The Bertz CT molecular complexity index is 525. The van der Waals surface area contributed by atoms with Crippen molar-refractivity contribution in [2.24, 2.45) is 0 Å². The van der Waals surface area contributed by atoms with Crippen LogP contribution in [0.1, 0.15) is 5.56 Å². The van der Waals surface area contributed by atoms with Crippen molar-refractivity contribution in [3.63, 3.8) is 0 Å². The van der Waals surface area contributed by atoms with Gasteiger partial charge in [-0.1, -0.05) is 30.3 Å². The molecule has 2 nitrogen and oxygen atoms in total. The zero-order valence-electron chi connectivity index (χ0n) is 7.49. The fourth-order valence-electron chi connectivity index (χ4n) is 1.51. The highest BCUT2D eigenvalue weighted by Crippen LogP contribution is 2.27. The lowest BCUT2D eigenvalue weighted by molar-refractivity contribution is 0.475. The Hall–Kier alpha value is -2.05. The van der Waals surface area contributed by atoms with Crippen LogP contribution in [0.15, 0.2) is 36.4 Å². The Morgan fingerprint density at radius 1 is 1.14 bits per heavy atom. The van der Waals surface area contributed by atoms with Gasteiger partial charge in [0.1, 0.15) is 5.75 Å². The number of aromatic hydroxyl groups is 1. The molecule has 0 aromatic heterocycles. The van der Waals surface area contributed by atoms with Gasteiger partial charge in [0, 0.05) is 11.6 Å². The van der Waals surface area contributed by atoms with Crippen LogP contribution in [0.5, 0.6) is 5.75 Å². The Morgan fingerprint density at radius 3 is 2.71 bits per heavy atom. The van der Waals surface area contributed by atoms with Gasteiger partial charge in [-0.3, -0.25) is 5.41 Å². The van der Waals surface area contributed by atoms with Crippen molar-refractivity contribution in [1.82, 2.24) is 0 Å². The van der Waals surface area contributed by atoms with Crippen LogP contribution in [-0.2, 0) is 0 Å². The number of benzene rings is 2. The van der Waals surface area contributed by atoms with E-state index in [2.05, 4.69) is 5.87 Å². The van der Waals surface area contributed by atoms with Crippen molar-refractivity contribution in [2.45, 2.75) is 0 Å². The second-order valence-electron chi connectivity index (χ2n) is 3.01. The molecule has 0 atom stereocenters. The number of phenols is 1. The first-order chi connectivity index (χ1) is 6.83. The van der Waals surface area contributed by atoms with Crippen molar-refractivity contribution in [3.8, 4) is 5.75 Å². The van der Waals surface area contributed by atoms with Crippen LogP contribution in [-0.4, -0.2) is 11.0 Å². The van der Waals surface area contributed by atoms with Crippen molar-refractivity contribution >= 4 is 22.7 Å². The predicted molar refractivity (Wildman–Crippen MR) is 57.8 cm³/mol. The van der Waals surface area contributed by atoms with Crippen LogP contribution in [0.25, 0.3) is 16.8 Å². The maximum atomic E-state index is 9.59. The Balaban J connectivity index is 2.89. The first-order valence-electron chi connectivity index (χ1n) is 4.29. The maximum absolute atomic E-state index is 9.59. The van der Waals surface area contributed by atoms with Gasteiger partial charge in [-0.05, 0) is 22.7 Å². The van der Waals surface area contributed by atoms with Crippen LogP contribution in [0, 0.1) is 5.41 Å². The third kappa shape index (κ3) is 1.28. The van der Waals surface area contributed by atoms with Crippen molar-refractivity contribution in [2.75, 3.05) is 0 Å². The molecule has 68 valence electrons. The van der Waals surface area contributed by atoms with Gasteiger partial charge in [0.25, 0.3) is 0 Å². The summed E-state index contributed by atoms with van der Waals surface area (Å²) in [7, 11) is 0. The SMILES string of the molecule is N=C=Cc1c(O)ccc2ccccc12. The summed E-state index contributed by atoms with van der Waals surface area (Å²) in [6, 6.07) is 11.2. The summed E-state index contributed by atoms with van der Waals surface area (Å²) >= 11 is 0. The van der Waals surface area contributed by atoms with Gasteiger partial charge in [0.05, 0.1) is 0 Å². The van der Waals surface area contributed by atoms with Gasteiger partial charge in [0.2, 0.25) is 0 Å². The monoisotopic (exact) mass is 183 g/mol. The van der Waals surface area contributed by atoms with E-state index in [0.29, 0.717) is 5.56 Å². The summed E-state index contributed by atoms with van der Waals surface area (Å²) in [4.78, 5) is 0. The molecule has 0 unspecified atom stereocenters. The third-order valence-corrected chi connectivity index (χ3v) is 2.16. The van der Waals surface area contributed by atoms with Gasteiger partial charge in [-0.2, -0.15) is 0 Å². The lowest BCUT2D eigenvalue weighted by Crippen LogP contribution is -1.79. The van der Waals surface area contributed by atoms with E-state index in [1.807, 2.05) is 30.3 Å². The molecule has 0 aliphatic rings. The highest BCUT2D eigenvalue weighted by molar-refractivity contribution is 5.97. The number of nitrogens with one attached hydrogen (secondary N) is 1. The van der Waals surface area contributed by atoms with E-state index in [4.69, 9.17) is 5.41 Å². The number of hydrogen-bond donors (Lipinski definition) is 2. The quantitative estimate of drug-likeness (QED) is 0.656. The van der Waals surface area contributed by atoms with Gasteiger partial charge in [-0.25, -0.2) is 0 Å². The molecular weight excluding hydrogens is 174 g/mol.